The molecule has 0 fully saturated rings. The van der Waals surface area contributed by atoms with E-state index in [4.69, 9.17) is 0 Å². The van der Waals surface area contributed by atoms with Crippen LogP contribution >= 0.6 is 0 Å². The predicted molar refractivity (Wildman–Crippen MR) is 145 cm³/mol. The number of rotatable bonds is 8. The molecule has 1 atom stereocenters. The van der Waals surface area contributed by atoms with E-state index in [9.17, 15) is 9.59 Å². The average molecular weight is 522 g/mol. The number of hydrogen-bond donors (Lipinski definition) is 4. The van der Waals surface area contributed by atoms with Crippen LogP contribution in [0.5, 0.6) is 0 Å². The Morgan fingerprint density at radius 1 is 1.05 bits per heavy atom. The average Bonchev–Trinajstić information content (AvgIpc) is 3.61. The summed E-state index contributed by atoms with van der Waals surface area (Å²) in [6.45, 7) is 1.19. The molecule has 3 heterocycles. The van der Waals surface area contributed by atoms with Gasteiger partial charge in [0, 0.05) is 30.8 Å². The van der Waals surface area contributed by atoms with Crippen LogP contribution in [0.15, 0.2) is 72.8 Å². The van der Waals surface area contributed by atoms with Gasteiger partial charge in [0.2, 0.25) is 5.91 Å². The lowest BCUT2D eigenvalue weighted by atomic mass is 10.1. The SMILES string of the molecule is O=C(NCc1nc2ccccc2[nH]1)c1ccc2c(c1)CN(CCc1ccccc1)C(=O)C(Cc1nn[nH]n1)N2. The molecule has 11 nitrogen and oxygen atoms in total. The topological polar surface area (TPSA) is 145 Å². The number of H-pyrrole nitrogens is 2. The molecule has 0 aliphatic carbocycles. The smallest absolute Gasteiger partial charge is 0.251 e. The number of carbonyl (C=O) groups is 2. The number of tetrazole rings is 1. The van der Waals surface area contributed by atoms with Crippen molar-refractivity contribution in [2.45, 2.75) is 32.0 Å². The van der Waals surface area contributed by atoms with Crippen LogP contribution < -0.4 is 10.6 Å². The van der Waals surface area contributed by atoms with Gasteiger partial charge in [0.05, 0.1) is 17.6 Å². The molecule has 2 amide bonds. The van der Waals surface area contributed by atoms with E-state index >= 15 is 0 Å². The van der Waals surface area contributed by atoms with Gasteiger partial charge >= 0.3 is 0 Å². The summed E-state index contributed by atoms with van der Waals surface area (Å²) < 4.78 is 0. The Balaban J connectivity index is 1.21. The molecule has 0 bridgehead atoms. The molecule has 1 unspecified atom stereocenters. The monoisotopic (exact) mass is 521 g/mol. The minimum Gasteiger partial charge on any atom is -0.373 e. The largest absolute Gasteiger partial charge is 0.373 e. The molecule has 5 aromatic rings. The Bertz CT molecular complexity index is 1570. The summed E-state index contributed by atoms with van der Waals surface area (Å²) in [5.74, 6) is 0.868. The summed E-state index contributed by atoms with van der Waals surface area (Å²) in [5.41, 5.74) is 5.10. The maximum Gasteiger partial charge on any atom is 0.251 e. The zero-order valence-electron chi connectivity index (χ0n) is 21.1. The molecule has 39 heavy (non-hydrogen) atoms. The second-order valence-electron chi connectivity index (χ2n) is 9.48. The number of hydrogen-bond acceptors (Lipinski definition) is 7. The molecule has 1 aliphatic heterocycles. The maximum atomic E-state index is 13.6. The number of para-hydroxylation sites is 2. The molecule has 3 aromatic carbocycles. The highest BCUT2D eigenvalue weighted by Gasteiger charge is 2.30. The third kappa shape index (κ3) is 5.47. The molecule has 0 radical (unpaired) electrons. The number of nitrogens with zero attached hydrogens (tertiary/aromatic N) is 5. The third-order valence-electron chi connectivity index (χ3n) is 6.81. The van der Waals surface area contributed by atoms with Gasteiger partial charge in [0.15, 0.2) is 5.82 Å². The molecule has 196 valence electrons. The molecule has 6 rings (SSSR count). The Morgan fingerprint density at radius 3 is 2.72 bits per heavy atom. The first-order valence-corrected chi connectivity index (χ1v) is 12.8. The van der Waals surface area contributed by atoms with Gasteiger partial charge in [-0.2, -0.15) is 5.21 Å². The Morgan fingerprint density at radius 2 is 1.90 bits per heavy atom. The fourth-order valence-corrected chi connectivity index (χ4v) is 4.80. The van der Waals surface area contributed by atoms with Crippen LogP contribution in [-0.2, 0) is 30.7 Å². The summed E-state index contributed by atoms with van der Waals surface area (Å²) in [5, 5.41) is 20.4. The molecular formula is C28H27N9O2. The van der Waals surface area contributed by atoms with Crippen LogP contribution in [0.3, 0.4) is 0 Å². The lowest BCUT2D eigenvalue weighted by Crippen LogP contribution is -2.42. The van der Waals surface area contributed by atoms with Gasteiger partial charge in [-0.1, -0.05) is 47.7 Å². The van der Waals surface area contributed by atoms with Crippen molar-refractivity contribution in [1.82, 2.24) is 40.8 Å². The van der Waals surface area contributed by atoms with Crippen molar-refractivity contribution in [2.75, 3.05) is 11.9 Å². The zero-order valence-corrected chi connectivity index (χ0v) is 21.1. The second kappa shape index (κ2) is 10.7. The molecule has 11 heteroatoms. The Labute approximate surface area is 224 Å². The first-order valence-electron chi connectivity index (χ1n) is 12.8. The highest BCUT2D eigenvalue weighted by molar-refractivity contribution is 5.95. The van der Waals surface area contributed by atoms with Gasteiger partial charge in [-0.25, -0.2) is 4.98 Å². The van der Waals surface area contributed by atoms with E-state index in [1.54, 1.807) is 6.07 Å². The van der Waals surface area contributed by atoms with Crippen molar-refractivity contribution >= 4 is 28.5 Å². The normalized spacial score (nSPS) is 15.0. The lowest BCUT2D eigenvalue weighted by Gasteiger charge is -2.24. The maximum absolute atomic E-state index is 13.6. The van der Waals surface area contributed by atoms with Gasteiger partial charge in [0.1, 0.15) is 11.9 Å². The van der Waals surface area contributed by atoms with Gasteiger partial charge in [-0.3, -0.25) is 9.59 Å². The first-order chi connectivity index (χ1) is 19.1. The van der Waals surface area contributed by atoms with Crippen molar-refractivity contribution in [3.63, 3.8) is 0 Å². The van der Waals surface area contributed by atoms with Crippen LogP contribution in [0.2, 0.25) is 0 Å². The summed E-state index contributed by atoms with van der Waals surface area (Å²) in [4.78, 5) is 36.2. The second-order valence-corrected chi connectivity index (χ2v) is 9.48. The first kappa shape index (κ1) is 24.3. The molecule has 0 saturated carbocycles. The van der Waals surface area contributed by atoms with Crippen molar-refractivity contribution in [2.24, 2.45) is 0 Å². The van der Waals surface area contributed by atoms with Crippen LogP contribution in [0.1, 0.15) is 33.1 Å². The molecular weight excluding hydrogens is 494 g/mol. The van der Waals surface area contributed by atoms with Crippen LogP contribution in [-0.4, -0.2) is 59.9 Å². The molecule has 2 aromatic heterocycles. The quantitative estimate of drug-likeness (QED) is 0.246. The summed E-state index contributed by atoms with van der Waals surface area (Å²) in [6.07, 6.45) is 1.00. The van der Waals surface area contributed by atoms with E-state index in [0.29, 0.717) is 36.7 Å². The standard InChI is InChI=1S/C28H27N9O2/c38-27(29-16-26-31-22-8-4-5-9-23(22)32-26)19-10-11-21-20(14-19)17-37(13-12-18-6-2-1-3-7-18)28(39)24(30-21)15-25-33-35-36-34-25/h1-11,14,24,30H,12-13,15-17H2,(H,29,38)(H,31,32)(H,33,34,35,36). The molecule has 4 N–H and O–H groups in total. The Hall–Kier alpha value is -5.06. The van der Waals surface area contributed by atoms with E-state index in [0.717, 1.165) is 27.8 Å². The minimum absolute atomic E-state index is 0.0529. The van der Waals surface area contributed by atoms with Gasteiger partial charge < -0.3 is 20.5 Å². The molecule has 0 saturated heterocycles. The number of nitrogens with one attached hydrogen (secondary N) is 4. The number of anilines is 1. The van der Waals surface area contributed by atoms with Gasteiger partial charge in [-0.15, -0.1) is 10.2 Å². The highest BCUT2D eigenvalue weighted by atomic mass is 16.2. The van der Waals surface area contributed by atoms with Crippen LogP contribution in [0, 0.1) is 0 Å². The minimum atomic E-state index is -0.563. The van der Waals surface area contributed by atoms with E-state index < -0.39 is 6.04 Å². The van der Waals surface area contributed by atoms with Crippen molar-refractivity contribution in [3.8, 4) is 0 Å². The number of benzene rings is 3. The third-order valence-corrected chi connectivity index (χ3v) is 6.81. The zero-order chi connectivity index (χ0) is 26.6. The van der Waals surface area contributed by atoms with Gasteiger partial charge in [0.25, 0.3) is 5.91 Å². The fraction of sp³-hybridized carbons (Fsp3) is 0.214. The van der Waals surface area contributed by atoms with E-state index in [1.807, 2.05) is 59.5 Å². The van der Waals surface area contributed by atoms with Crippen molar-refractivity contribution in [3.05, 3.63) is 101 Å². The summed E-state index contributed by atoms with van der Waals surface area (Å²) in [7, 11) is 0. The van der Waals surface area contributed by atoms with Crippen molar-refractivity contribution in [1.29, 1.82) is 0 Å². The van der Waals surface area contributed by atoms with Gasteiger partial charge in [-0.05, 0) is 47.9 Å². The number of amides is 2. The van der Waals surface area contributed by atoms with Crippen molar-refractivity contribution < 1.29 is 9.59 Å². The van der Waals surface area contributed by atoms with E-state index in [2.05, 4.69) is 53.4 Å². The van der Waals surface area contributed by atoms with Crippen LogP contribution in [0.25, 0.3) is 11.0 Å². The molecule has 1 aliphatic rings. The van der Waals surface area contributed by atoms with Crippen LogP contribution in [0.4, 0.5) is 5.69 Å². The van der Waals surface area contributed by atoms with E-state index in [1.165, 1.54) is 0 Å². The number of aromatic nitrogens is 6. The summed E-state index contributed by atoms with van der Waals surface area (Å²) >= 11 is 0. The fourth-order valence-electron chi connectivity index (χ4n) is 4.80. The number of aromatic amines is 2. The lowest BCUT2D eigenvalue weighted by molar-refractivity contribution is -0.132. The number of imidazole rings is 1. The predicted octanol–water partition coefficient (Wildman–Crippen LogP) is 2.61. The summed E-state index contributed by atoms with van der Waals surface area (Å²) in [6, 6.07) is 22.7. The molecule has 0 spiro atoms. The number of fused-ring (bicyclic) bond motifs is 2. The van der Waals surface area contributed by atoms with E-state index in [-0.39, 0.29) is 24.8 Å². The Kier molecular flexibility index (Phi) is 6.69. The number of carbonyl (C=O) groups excluding carboxylic acids is 2. The highest BCUT2D eigenvalue weighted by Crippen LogP contribution is 2.26.